The molecule has 1 aliphatic heterocycles. The number of carbonyl (C=O) groups excluding carboxylic acids is 1. The topological polar surface area (TPSA) is 131 Å². The first-order valence-electron chi connectivity index (χ1n) is 7.68. The summed E-state index contributed by atoms with van der Waals surface area (Å²) < 4.78 is 33.8. The Labute approximate surface area is 149 Å². The molecular weight excluding hydrogens is 360 g/mol. The lowest BCUT2D eigenvalue weighted by Gasteiger charge is -2.17. The van der Waals surface area contributed by atoms with Crippen LogP contribution in [-0.4, -0.2) is 30.1 Å². The van der Waals surface area contributed by atoms with Crippen LogP contribution in [0.15, 0.2) is 44.7 Å². The van der Waals surface area contributed by atoms with Gasteiger partial charge < -0.3 is 9.72 Å². The van der Waals surface area contributed by atoms with E-state index in [0.717, 1.165) is 0 Å². The van der Waals surface area contributed by atoms with Crippen LogP contribution < -0.4 is 10.3 Å². The number of aromatic nitrogens is 2. The van der Waals surface area contributed by atoms with E-state index < -0.39 is 16.2 Å². The van der Waals surface area contributed by atoms with Gasteiger partial charge in [-0.05, 0) is 26.0 Å². The molecule has 3 rings (SSSR count). The lowest BCUT2D eigenvalue weighted by Crippen LogP contribution is -2.28. The first-order chi connectivity index (χ1) is 12.2. The van der Waals surface area contributed by atoms with E-state index >= 15 is 0 Å². The van der Waals surface area contributed by atoms with Gasteiger partial charge in [-0.15, -0.1) is 4.40 Å². The number of ether oxygens (including phenoxy) is 1. The Kier molecular flexibility index (Phi) is 4.60. The third-order valence-corrected chi connectivity index (χ3v) is 4.86. The quantitative estimate of drug-likeness (QED) is 0.764. The van der Waals surface area contributed by atoms with Crippen molar-refractivity contribution in [2.45, 2.75) is 26.9 Å². The molecule has 10 heteroatoms. The second kappa shape index (κ2) is 6.71. The number of hydrogen-bond acceptors (Lipinski definition) is 6. The van der Waals surface area contributed by atoms with Crippen LogP contribution in [-0.2, 0) is 26.3 Å². The van der Waals surface area contributed by atoms with Crippen LogP contribution in [0.2, 0.25) is 0 Å². The van der Waals surface area contributed by atoms with Crippen LogP contribution in [0, 0.1) is 0 Å². The molecule has 0 bridgehead atoms. The van der Waals surface area contributed by atoms with E-state index in [4.69, 9.17) is 4.74 Å². The van der Waals surface area contributed by atoms with Gasteiger partial charge in [-0.3, -0.25) is 14.3 Å². The van der Waals surface area contributed by atoms with Crippen molar-refractivity contribution in [1.29, 1.82) is 0 Å². The molecule has 1 aliphatic rings. The lowest BCUT2D eigenvalue weighted by atomic mass is 10.1. The van der Waals surface area contributed by atoms with E-state index in [1.165, 1.54) is 6.92 Å². The summed E-state index contributed by atoms with van der Waals surface area (Å²) in [6.45, 7) is 2.85. The zero-order valence-corrected chi connectivity index (χ0v) is 14.9. The molecule has 0 aliphatic carbocycles. The van der Waals surface area contributed by atoms with Gasteiger partial charge in [0.15, 0.2) is 0 Å². The standard InChI is InChI=1S/C16H16N4O5S/c1-9-12(10(2)20-26(23,24)19-9)7-15(21)25-8-14-17-13-6-4-3-5-11(13)16(22)18-14/h3-6,19H,7-8H2,1-2H3,(H,17,18,22). The molecule has 26 heavy (non-hydrogen) atoms. The molecule has 9 nitrogen and oxygen atoms in total. The number of allylic oxidation sites excluding steroid dienone is 1. The number of esters is 1. The van der Waals surface area contributed by atoms with Crippen molar-refractivity contribution >= 4 is 32.8 Å². The van der Waals surface area contributed by atoms with Crippen molar-refractivity contribution in [3.63, 3.8) is 0 Å². The Balaban J connectivity index is 1.70. The number of nitrogens with one attached hydrogen (secondary N) is 2. The fraction of sp³-hybridized carbons (Fsp3) is 0.250. The summed E-state index contributed by atoms with van der Waals surface area (Å²) in [6, 6.07) is 6.83. The molecule has 0 fully saturated rings. The molecule has 0 saturated carbocycles. The molecule has 1 aromatic heterocycles. The maximum atomic E-state index is 12.1. The van der Waals surface area contributed by atoms with Crippen LogP contribution in [0.25, 0.3) is 10.9 Å². The first kappa shape index (κ1) is 17.8. The van der Waals surface area contributed by atoms with Crippen molar-refractivity contribution in [3.8, 4) is 0 Å². The molecule has 0 radical (unpaired) electrons. The second-order valence-corrected chi connectivity index (χ2v) is 7.06. The minimum absolute atomic E-state index is 0.151. The number of benzene rings is 1. The zero-order chi connectivity index (χ0) is 18.9. The predicted octanol–water partition coefficient (Wildman–Crippen LogP) is 0.939. The van der Waals surface area contributed by atoms with Crippen LogP contribution >= 0.6 is 0 Å². The highest BCUT2D eigenvalue weighted by Crippen LogP contribution is 2.17. The summed E-state index contributed by atoms with van der Waals surface area (Å²) in [4.78, 5) is 30.9. The molecule has 2 N–H and O–H groups in total. The summed E-state index contributed by atoms with van der Waals surface area (Å²) in [5.41, 5.74) is 1.20. The predicted molar refractivity (Wildman–Crippen MR) is 94.6 cm³/mol. The van der Waals surface area contributed by atoms with Gasteiger partial charge >= 0.3 is 16.2 Å². The van der Waals surface area contributed by atoms with Crippen molar-refractivity contribution in [2.75, 3.05) is 0 Å². The van der Waals surface area contributed by atoms with Crippen LogP contribution in [0.4, 0.5) is 0 Å². The third-order valence-electron chi connectivity index (χ3n) is 3.78. The zero-order valence-electron chi connectivity index (χ0n) is 14.1. The fourth-order valence-electron chi connectivity index (χ4n) is 2.59. The number of carbonyl (C=O) groups is 1. The van der Waals surface area contributed by atoms with E-state index in [0.29, 0.717) is 22.2 Å². The van der Waals surface area contributed by atoms with Crippen molar-refractivity contribution in [3.05, 3.63) is 51.7 Å². The van der Waals surface area contributed by atoms with Gasteiger partial charge in [0, 0.05) is 11.3 Å². The largest absolute Gasteiger partial charge is 0.457 e. The van der Waals surface area contributed by atoms with Crippen LogP contribution in [0.3, 0.4) is 0 Å². The monoisotopic (exact) mass is 376 g/mol. The van der Waals surface area contributed by atoms with Crippen LogP contribution in [0.1, 0.15) is 26.1 Å². The van der Waals surface area contributed by atoms with Crippen molar-refractivity contribution < 1.29 is 17.9 Å². The Morgan fingerprint density at radius 1 is 1.23 bits per heavy atom. The maximum absolute atomic E-state index is 12.1. The number of rotatable bonds is 4. The molecule has 0 spiro atoms. The van der Waals surface area contributed by atoms with Gasteiger partial charge in [0.25, 0.3) is 5.56 Å². The van der Waals surface area contributed by atoms with Gasteiger partial charge in [-0.2, -0.15) is 8.42 Å². The van der Waals surface area contributed by atoms with E-state index in [1.807, 2.05) is 0 Å². The minimum Gasteiger partial charge on any atom is -0.457 e. The van der Waals surface area contributed by atoms with Gasteiger partial charge in [0.05, 0.1) is 23.0 Å². The maximum Gasteiger partial charge on any atom is 0.342 e. The molecular formula is C16H16N4O5S. The van der Waals surface area contributed by atoms with Crippen molar-refractivity contribution in [1.82, 2.24) is 14.7 Å². The molecule has 136 valence electrons. The highest BCUT2D eigenvalue weighted by Gasteiger charge is 2.22. The molecule has 0 amide bonds. The number of H-pyrrole nitrogens is 1. The average Bonchev–Trinajstić information content (AvgIpc) is 2.55. The van der Waals surface area contributed by atoms with E-state index in [2.05, 4.69) is 19.1 Å². The Morgan fingerprint density at radius 3 is 2.69 bits per heavy atom. The summed E-state index contributed by atoms with van der Waals surface area (Å²) in [6.07, 6.45) is -0.151. The summed E-state index contributed by atoms with van der Waals surface area (Å²) in [7, 11) is -3.75. The fourth-order valence-corrected chi connectivity index (χ4v) is 3.62. The van der Waals surface area contributed by atoms with E-state index in [1.54, 1.807) is 31.2 Å². The van der Waals surface area contributed by atoms with Gasteiger partial charge in [0.2, 0.25) is 0 Å². The number of hydrogen-bond donors (Lipinski definition) is 2. The van der Waals surface area contributed by atoms with Gasteiger partial charge in [-0.1, -0.05) is 12.1 Å². The number of aromatic amines is 1. The SMILES string of the molecule is CC1=NS(=O)(=O)NC(C)=C1CC(=O)OCc1nc2ccccc2c(=O)[nH]1. The average molecular weight is 376 g/mol. The molecule has 2 heterocycles. The normalized spacial score (nSPS) is 16.2. The lowest BCUT2D eigenvalue weighted by molar-refractivity contribution is -0.144. The van der Waals surface area contributed by atoms with E-state index in [-0.39, 0.29) is 30.1 Å². The molecule has 0 saturated heterocycles. The third kappa shape index (κ3) is 3.80. The van der Waals surface area contributed by atoms with Crippen molar-refractivity contribution in [2.24, 2.45) is 4.40 Å². The number of para-hydroxylation sites is 1. The second-order valence-electron chi connectivity index (χ2n) is 5.72. The molecule has 2 aromatic rings. The summed E-state index contributed by atoms with van der Waals surface area (Å²) in [5.74, 6) is -0.367. The molecule has 1 aromatic carbocycles. The highest BCUT2D eigenvalue weighted by atomic mass is 32.2. The highest BCUT2D eigenvalue weighted by molar-refractivity contribution is 7.88. The van der Waals surface area contributed by atoms with Crippen LogP contribution in [0.5, 0.6) is 0 Å². The van der Waals surface area contributed by atoms with Gasteiger partial charge in [0.1, 0.15) is 12.4 Å². The first-order valence-corrected chi connectivity index (χ1v) is 9.12. The summed E-state index contributed by atoms with van der Waals surface area (Å²) in [5, 5.41) is 0.449. The molecule has 0 atom stereocenters. The Hall–Kier alpha value is -3.01. The molecule has 0 unspecified atom stereocenters. The minimum atomic E-state index is -3.75. The van der Waals surface area contributed by atoms with E-state index in [9.17, 15) is 18.0 Å². The number of fused-ring (bicyclic) bond motifs is 1. The Morgan fingerprint density at radius 2 is 1.96 bits per heavy atom. The summed E-state index contributed by atoms with van der Waals surface area (Å²) >= 11 is 0. The smallest absolute Gasteiger partial charge is 0.342 e. The van der Waals surface area contributed by atoms with Gasteiger partial charge in [-0.25, -0.2) is 4.98 Å². The number of nitrogens with zero attached hydrogens (tertiary/aromatic N) is 2. The Bertz CT molecular complexity index is 1110.